The number of phenolic OH excluding ortho intramolecular Hbond substituents is 3. The van der Waals surface area contributed by atoms with Crippen molar-refractivity contribution in [3.8, 4) is 17.2 Å². The monoisotopic (exact) mass is 284 g/mol. The molecule has 0 spiro atoms. The molecule has 0 radical (unpaired) electrons. The molecule has 0 aliphatic heterocycles. The van der Waals surface area contributed by atoms with Crippen LogP contribution in [0.2, 0.25) is 0 Å². The Labute approximate surface area is 115 Å². The first-order valence-electron chi connectivity index (χ1n) is 5.74. The predicted octanol–water partition coefficient (Wildman–Crippen LogP) is 1.16. The van der Waals surface area contributed by atoms with Gasteiger partial charge < -0.3 is 24.8 Å². The molecule has 0 heterocycles. The molecule has 110 valence electrons. The van der Waals surface area contributed by atoms with Gasteiger partial charge in [-0.15, -0.1) is 0 Å². The second kappa shape index (κ2) is 6.14. The standard InChI is InChI=1S/C13H16O7/c1-13(2,5-19-7-14)6-20-12(18)8-3-9(15)11(17)10(16)4-8/h3-4,7,15-17H,5-6H2,1-2H3. The number of phenols is 3. The van der Waals surface area contributed by atoms with Crippen LogP contribution in [0, 0.1) is 5.41 Å². The van der Waals surface area contributed by atoms with E-state index in [-0.39, 0.29) is 18.8 Å². The maximum Gasteiger partial charge on any atom is 0.338 e. The molecule has 3 N–H and O–H groups in total. The summed E-state index contributed by atoms with van der Waals surface area (Å²) >= 11 is 0. The summed E-state index contributed by atoms with van der Waals surface area (Å²) in [6.45, 7) is 3.82. The van der Waals surface area contributed by atoms with Crippen LogP contribution in [0.1, 0.15) is 24.2 Å². The van der Waals surface area contributed by atoms with Gasteiger partial charge in [-0.3, -0.25) is 4.79 Å². The quantitative estimate of drug-likeness (QED) is 0.408. The number of benzene rings is 1. The smallest absolute Gasteiger partial charge is 0.338 e. The fourth-order valence-corrected chi connectivity index (χ4v) is 1.37. The summed E-state index contributed by atoms with van der Waals surface area (Å²) in [4.78, 5) is 21.9. The average Bonchev–Trinajstić information content (AvgIpc) is 2.39. The number of ether oxygens (including phenoxy) is 2. The fraction of sp³-hybridized carbons (Fsp3) is 0.385. The van der Waals surface area contributed by atoms with Crippen molar-refractivity contribution in [2.45, 2.75) is 13.8 Å². The van der Waals surface area contributed by atoms with E-state index in [1.807, 2.05) is 0 Å². The number of aromatic hydroxyl groups is 3. The van der Waals surface area contributed by atoms with Crippen molar-refractivity contribution >= 4 is 12.4 Å². The van der Waals surface area contributed by atoms with E-state index in [4.69, 9.17) is 9.84 Å². The van der Waals surface area contributed by atoms with E-state index in [1.165, 1.54) is 0 Å². The summed E-state index contributed by atoms with van der Waals surface area (Å²) in [7, 11) is 0. The van der Waals surface area contributed by atoms with Crippen molar-refractivity contribution in [2.75, 3.05) is 13.2 Å². The van der Waals surface area contributed by atoms with Crippen molar-refractivity contribution in [3.05, 3.63) is 17.7 Å². The Kier molecular flexibility index (Phi) is 4.79. The summed E-state index contributed by atoms with van der Waals surface area (Å²) < 4.78 is 9.61. The molecule has 0 aliphatic rings. The van der Waals surface area contributed by atoms with Crippen LogP contribution in [-0.2, 0) is 14.3 Å². The molecule has 7 heteroatoms. The fourth-order valence-electron chi connectivity index (χ4n) is 1.37. The minimum Gasteiger partial charge on any atom is -0.504 e. The molecule has 1 aromatic rings. The van der Waals surface area contributed by atoms with Crippen LogP contribution in [0.4, 0.5) is 0 Å². The third-order valence-electron chi connectivity index (χ3n) is 2.44. The summed E-state index contributed by atoms with van der Waals surface area (Å²) in [5.41, 5.74) is -0.678. The van der Waals surface area contributed by atoms with Crippen molar-refractivity contribution < 1.29 is 34.4 Å². The van der Waals surface area contributed by atoms with Gasteiger partial charge in [0.2, 0.25) is 0 Å². The third kappa shape index (κ3) is 4.04. The van der Waals surface area contributed by atoms with Gasteiger partial charge in [-0.25, -0.2) is 4.79 Å². The highest BCUT2D eigenvalue weighted by molar-refractivity contribution is 5.91. The maximum absolute atomic E-state index is 11.7. The van der Waals surface area contributed by atoms with Gasteiger partial charge in [0.15, 0.2) is 17.2 Å². The Bertz CT molecular complexity index is 484. The molecule has 0 fully saturated rings. The van der Waals surface area contributed by atoms with Crippen molar-refractivity contribution in [1.82, 2.24) is 0 Å². The van der Waals surface area contributed by atoms with E-state index in [1.54, 1.807) is 13.8 Å². The highest BCUT2D eigenvalue weighted by atomic mass is 16.5. The van der Waals surface area contributed by atoms with Gasteiger partial charge in [-0.2, -0.15) is 0 Å². The largest absolute Gasteiger partial charge is 0.504 e. The van der Waals surface area contributed by atoms with E-state index in [9.17, 15) is 19.8 Å². The summed E-state index contributed by atoms with van der Waals surface area (Å²) in [6.07, 6.45) is 0. The molecule has 0 atom stereocenters. The van der Waals surface area contributed by atoms with Crippen LogP contribution < -0.4 is 0 Å². The lowest BCUT2D eigenvalue weighted by Crippen LogP contribution is -2.27. The Morgan fingerprint density at radius 2 is 1.75 bits per heavy atom. The Hall–Kier alpha value is -2.44. The Balaban J connectivity index is 2.70. The topological polar surface area (TPSA) is 113 Å². The van der Waals surface area contributed by atoms with E-state index in [0.29, 0.717) is 6.47 Å². The second-order valence-corrected chi connectivity index (χ2v) is 5.01. The molecule has 0 amide bonds. The lowest BCUT2D eigenvalue weighted by molar-refractivity contribution is -0.132. The Morgan fingerprint density at radius 1 is 1.20 bits per heavy atom. The lowest BCUT2D eigenvalue weighted by Gasteiger charge is -2.22. The molecule has 1 rings (SSSR count). The normalized spacial score (nSPS) is 10.9. The molecular weight excluding hydrogens is 268 g/mol. The number of rotatable bonds is 6. The molecule has 1 aromatic carbocycles. The molecule has 7 nitrogen and oxygen atoms in total. The average molecular weight is 284 g/mol. The van der Waals surface area contributed by atoms with Crippen LogP contribution in [0.5, 0.6) is 17.2 Å². The first-order valence-corrected chi connectivity index (χ1v) is 5.74. The number of hydrogen-bond acceptors (Lipinski definition) is 7. The van der Waals surface area contributed by atoms with Crippen molar-refractivity contribution in [3.63, 3.8) is 0 Å². The van der Waals surface area contributed by atoms with E-state index in [0.717, 1.165) is 12.1 Å². The van der Waals surface area contributed by atoms with Gasteiger partial charge in [0.05, 0.1) is 18.8 Å². The number of esters is 1. The van der Waals surface area contributed by atoms with Gasteiger partial charge in [0.25, 0.3) is 6.47 Å². The number of hydrogen-bond donors (Lipinski definition) is 3. The molecule has 0 aliphatic carbocycles. The van der Waals surface area contributed by atoms with Crippen LogP contribution in [0.3, 0.4) is 0 Å². The predicted molar refractivity (Wildman–Crippen MR) is 67.5 cm³/mol. The summed E-state index contributed by atoms with van der Waals surface area (Å²) in [5, 5.41) is 27.8. The molecule has 0 unspecified atom stereocenters. The number of carbonyl (C=O) groups excluding carboxylic acids is 2. The first-order chi connectivity index (χ1) is 9.26. The van der Waals surface area contributed by atoms with Crippen LogP contribution >= 0.6 is 0 Å². The third-order valence-corrected chi connectivity index (χ3v) is 2.44. The van der Waals surface area contributed by atoms with Gasteiger partial charge in [-0.1, -0.05) is 13.8 Å². The lowest BCUT2D eigenvalue weighted by atomic mass is 9.96. The van der Waals surface area contributed by atoms with Gasteiger partial charge in [0, 0.05) is 5.41 Å². The van der Waals surface area contributed by atoms with E-state index >= 15 is 0 Å². The van der Waals surface area contributed by atoms with Crippen LogP contribution in [0.25, 0.3) is 0 Å². The zero-order valence-electron chi connectivity index (χ0n) is 11.1. The van der Waals surface area contributed by atoms with Gasteiger partial charge in [-0.05, 0) is 12.1 Å². The highest BCUT2D eigenvalue weighted by Gasteiger charge is 2.22. The summed E-state index contributed by atoms with van der Waals surface area (Å²) in [5.74, 6) is -2.74. The second-order valence-electron chi connectivity index (χ2n) is 5.01. The molecule has 0 saturated heterocycles. The van der Waals surface area contributed by atoms with Gasteiger partial charge >= 0.3 is 5.97 Å². The zero-order chi connectivity index (χ0) is 15.3. The SMILES string of the molecule is CC(C)(COC=O)COC(=O)c1cc(O)c(O)c(O)c1. The Morgan fingerprint density at radius 3 is 2.25 bits per heavy atom. The minimum absolute atomic E-state index is 0.0257. The number of carbonyl (C=O) groups is 2. The maximum atomic E-state index is 11.7. The van der Waals surface area contributed by atoms with Crippen LogP contribution in [0.15, 0.2) is 12.1 Å². The minimum atomic E-state index is -0.783. The molecule has 0 saturated carbocycles. The van der Waals surface area contributed by atoms with Gasteiger partial charge in [0.1, 0.15) is 0 Å². The van der Waals surface area contributed by atoms with Crippen molar-refractivity contribution in [2.24, 2.45) is 5.41 Å². The van der Waals surface area contributed by atoms with Crippen LogP contribution in [-0.4, -0.2) is 41.0 Å². The molecule has 0 bridgehead atoms. The first kappa shape index (κ1) is 15.6. The summed E-state index contributed by atoms with van der Waals surface area (Å²) in [6, 6.07) is 1.96. The zero-order valence-corrected chi connectivity index (χ0v) is 11.1. The highest BCUT2D eigenvalue weighted by Crippen LogP contribution is 2.35. The van der Waals surface area contributed by atoms with E-state index in [2.05, 4.69) is 4.74 Å². The molecule has 0 aromatic heterocycles. The molecular formula is C13H16O7. The van der Waals surface area contributed by atoms with E-state index < -0.39 is 28.6 Å². The molecule has 20 heavy (non-hydrogen) atoms. The van der Waals surface area contributed by atoms with Crippen molar-refractivity contribution in [1.29, 1.82) is 0 Å².